The number of carbonyl (C=O) groups is 1. The topological polar surface area (TPSA) is 32.3 Å². The van der Waals surface area contributed by atoms with Gasteiger partial charge in [-0.2, -0.15) is 0 Å². The molecule has 0 saturated heterocycles. The van der Waals surface area contributed by atoms with Gasteiger partial charge in [0.05, 0.1) is 6.54 Å². The molecular formula is C15H23FN2O. The van der Waals surface area contributed by atoms with E-state index >= 15 is 0 Å². The van der Waals surface area contributed by atoms with Gasteiger partial charge in [-0.25, -0.2) is 4.39 Å². The molecule has 1 rings (SSSR count). The Bertz CT molecular complexity index is 423. The van der Waals surface area contributed by atoms with Gasteiger partial charge in [-0.15, -0.1) is 0 Å². The van der Waals surface area contributed by atoms with Gasteiger partial charge in [0.2, 0.25) is 5.91 Å². The van der Waals surface area contributed by atoms with Gasteiger partial charge in [-0.3, -0.25) is 9.69 Å². The molecule has 1 N–H and O–H groups in total. The molecule has 0 fully saturated rings. The summed E-state index contributed by atoms with van der Waals surface area (Å²) in [7, 11) is 1.89. The van der Waals surface area contributed by atoms with Crippen LogP contribution in [0.25, 0.3) is 0 Å². The summed E-state index contributed by atoms with van der Waals surface area (Å²) in [6, 6.07) is 6.44. The van der Waals surface area contributed by atoms with Crippen LogP contribution in [0.3, 0.4) is 0 Å². The van der Waals surface area contributed by atoms with Crippen LogP contribution in [0.5, 0.6) is 0 Å². The van der Waals surface area contributed by atoms with Gasteiger partial charge in [0.25, 0.3) is 0 Å². The van der Waals surface area contributed by atoms with Crippen LogP contribution in [0.15, 0.2) is 24.3 Å². The summed E-state index contributed by atoms with van der Waals surface area (Å²) in [5.74, 6) is -0.256. The molecule has 1 amide bonds. The van der Waals surface area contributed by atoms with Crippen molar-refractivity contribution in [1.29, 1.82) is 0 Å². The molecule has 3 nitrogen and oxygen atoms in total. The number of nitrogens with zero attached hydrogens (tertiary/aromatic N) is 1. The van der Waals surface area contributed by atoms with E-state index in [1.54, 1.807) is 12.1 Å². The van der Waals surface area contributed by atoms with Gasteiger partial charge in [-0.1, -0.05) is 12.1 Å². The van der Waals surface area contributed by atoms with Crippen molar-refractivity contribution in [3.63, 3.8) is 0 Å². The van der Waals surface area contributed by atoms with Crippen molar-refractivity contribution in [2.24, 2.45) is 0 Å². The molecule has 1 aromatic rings. The van der Waals surface area contributed by atoms with Gasteiger partial charge < -0.3 is 5.32 Å². The molecular weight excluding hydrogens is 243 g/mol. The van der Waals surface area contributed by atoms with Crippen LogP contribution in [0.2, 0.25) is 0 Å². The van der Waals surface area contributed by atoms with E-state index < -0.39 is 0 Å². The second kappa shape index (κ2) is 6.15. The highest BCUT2D eigenvalue weighted by Gasteiger charge is 2.18. The average molecular weight is 266 g/mol. The van der Waals surface area contributed by atoms with Crippen molar-refractivity contribution in [2.75, 3.05) is 13.6 Å². The van der Waals surface area contributed by atoms with Gasteiger partial charge in [0, 0.05) is 11.6 Å². The lowest BCUT2D eigenvalue weighted by atomic mass is 10.1. The van der Waals surface area contributed by atoms with Crippen molar-refractivity contribution >= 4 is 5.91 Å². The van der Waals surface area contributed by atoms with E-state index in [1.165, 1.54) is 12.1 Å². The zero-order valence-corrected chi connectivity index (χ0v) is 12.3. The van der Waals surface area contributed by atoms with Gasteiger partial charge in [0.15, 0.2) is 0 Å². The third kappa shape index (κ3) is 5.39. The Morgan fingerprint density at radius 1 is 1.32 bits per heavy atom. The predicted molar refractivity (Wildman–Crippen MR) is 75.3 cm³/mol. The van der Waals surface area contributed by atoms with Crippen molar-refractivity contribution in [2.45, 2.75) is 39.3 Å². The Labute approximate surface area is 114 Å². The molecule has 1 atom stereocenters. The van der Waals surface area contributed by atoms with Crippen LogP contribution in [-0.2, 0) is 4.79 Å². The van der Waals surface area contributed by atoms with Crippen LogP contribution in [0.4, 0.5) is 4.39 Å². The highest BCUT2D eigenvalue weighted by Crippen LogP contribution is 2.18. The van der Waals surface area contributed by atoms with Crippen LogP contribution in [0.1, 0.15) is 39.3 Å². The van der Waals surface area contributed by atoms with Gasteiger partial charge >= 0.3 is 0 Å². The average Bonchev–Trinajstić information content (AvgIpc) is 2.26. The Hall–Kier alpha value is -1.42. The van der Waals surface area contributed by atoms with Gasteiger partial charge in [0.1, 0.15) is 5.82 Å². The van der Waals surface area contributed by atoms with E-state index in [2.05, 4.69) is 5.32 Å². The second-order valence-electron chi connectivity index (χ2n) is 5.94. The molecule has 0 radical (unpaired) electrons. The van der Waals surface area contributed by atoms with E-state index in [9.17, 15) is 9.18 Å². The SMILES string of the molecule is C[C@H](c1ccc(F)cc1)N(C)CC(=O)NC(C)(C)C. The van der Waals surface area contributed by atoms with Crippen molar-refractivity contribution < 1.29 is 9.18 Å². The molecule has 19 heavy (non-hydrogen) atoms. The first kappa shape index (κ1) is 15.6. The number of hydrogen-bond donors (Lipinski definition) is 1. The molecule has 0 unspecified atom stereocenters. The van der Waals surface area contributed by atoms with Crippen molar-refractivity contribution in [3.8, 4) is 0 Å². The minimum Gasteiger partial charge on any atom is -0.350 e. The fraction of sp³-hybridized carbons (Fsp3) is 0.533. The first-order chi connectivity index (χ1) is 8.69. The summed E-state index contributed by atoms with van der Waals surface area (Å²) in [5, 5.41) is 2.92. The largest absolute Gasteiger partial charge is 0.350 e. The van der Waals surface area contributed by atoms with E-state index in [1.807, 2.05) is 39.6 Å². The summed E-state index contributed by atoms with van der Waals surface area (Å²) in [5.41, 5.74) is 0.768. The lowest BCUT2D eigenvalue weighted by Crippen LogP contribution is -2.45. The van der Waals surface area contributed by atoms with Crippen LogP contribution < -0.4 is 5.32 Å². The number of benzene rings is 1. The van der Waals surface area contributed by atoms with E-state index in [0.717, 1.165) is 5.56 Å². The Balaban J connectivity index is 2.60. The van der Waals surface area contributed by atoms with E-state index in [0.29, 0.717) is 6.54 Å². The zero-order valence-electron chi connectivity index (χ0n) is 12.3. The summed E-state index contributed by atoms with van der Waals surface area (Å²) in [4.78, 5) is 13.8. The number of likely N-dealkylation sites (N-methyl/N-ethyl adjacent to an activating group) is 1. The first-order valence-corrected chi connectivity index (χ1v) is 6.46. The number of carbonyl (C=O) groups excluding carboxylic acids is 1. The molecule has 106 valence electrons. The first-order valence-electron chi connectivity index (χ1n) is 6.46. The molecule has 0 spiro atoms. The van der Waals surface area contributed by atoms with Crippen molar-refractivity contribution in [3.05, 3.63) is 35.6 Å². The normalized spacial score (nSPS) is 13.4. The molecule has 1 aromatic carbocycles. The summed E-state index contributed by atoms with van der Waals surface area (Å²) in [6.45, 7) is 8.17. The van der Waals surface area contributed by atoms with Crippen LogP contribution in [-0.4, -0.2) is 29.9 Å². The molecule has 4 heteroatoms. The summed E-state index contributed by atoms with van der Waals surface area (Å²) in [6.07, 6.45) is 0. The van der Waals surface area contributed by atoms with E-state index in [4.69, 9.17) is 0 Å². The molecule has 0 aliphatic carbocycles. The quantitative estimate of drug-likeness (QED) is 0.909. The second-order valence-corrected chi connectivity index (χ2v) is 5.94. The minimum absolute atomic E-state index is 0.0102. The Morgan fingerprint density at radius 3 is 2.32 bits per heavy atom. The Kier molecular flexibility index (Phi) is 5.06. The maximum atomic E-state index is 12.9. The molecule has 0 saturated carbocycles. The molecule has 0 aromatic heterocycles. The predicted octanol–water partition coefficient (Wildman–Crippen LogP) is 2.73. The lowest BCUT2D eigenvalue weighted by Gasteiger charge is -2.27. The Morgan fingerprint density at radius 2 is 1.84 bits per heavy atom. The third-order valence-corrected chi connectivity index (χ3v) is 2.92. The smallest absolute Gasteiger partial charge is 0.234 e. The molecule has 0 bridgehead atoms. The molecule has 0 heterocycles. The van der Waals surface area contributed by atoms with Crippen LogP contribution in [0, 0.1) is 5.82 Å². The van der Waals surface area contributed by atoms with Gasteiger partial charge in [-0.05, 0) is 52.4 Å². The fourth-order valence-corrected chi connectivity index (χ4v) is 1.82. The minimum atomic E-state index is -0.246. The van der Waals surface area contributed by atoms with E-state index in [-0.39, 0.29) is 23.3 Å². The fourth-order valence-electron chi connectivity index (χ4n) is 1.82. The number of rotatable bonds is 4. The lowest BCUT2D eigenvalue weighted by molar-refractivity contribution is -0.123. The third-order valence-electron chi connectivity index (χ3n) is 2.92. The number of hydrogen-bond acceptors (Lipinski definition) is 2. The standard InChI is InChI=1S/C15H23FN2O/c1-11(12-6-8-13(16)9-7-12)18(5)10-14(19)17-15(2,3)4/h6-9,11H,10H2,1-5H3,(H,17,19)/t11-/m1/s1. The van der Waals surface area contributed by atoms with Crippen molar-refractivity contribution in [1.82, 2.24) is 10.2 Å². The summed E-state index contributed by atoms with van der Waals surface area (Å²) >= 11 is 0. The number of nitrogens with one attached hydrogen (secondary N) is 1. The zero-order chi connectivity index (χ0) is 14.6. The molecule has 0 aliphatic heterocycles. The number of amides is 1. The highest BCUT2D eigenvalue weighted by atomic mass is 19.1. The maximum Gasteiger partial charge on any atom is 0.234 e. The number of halogens is 1. The highest BCUT2D eigenvalue weighted by molar-refractivity contribution is 5.78. The van der Waals surface area contributed by atoms with Crippen LogP contribution >= 0.6 is 0 Å². The molecule has 0 aliphatic rings. The maximum absolute atomic E-state index is 12.9. The monoisotopic (exact) mass is 266 g/mol. The summed E-state index contributed by atoms with van der Waals surface area (Å²) < 4.78 is 12.9.